The van der Waals surface area contributed by atoms with Crippen LogP contribution < -0.4 is 16.0 Å². The molecular weight excluding hydrogens is 356 g/mol. The molecule has 3 rings (SSSR count). The first-order chi connectivity index (χ1) is 13.2. The molecule has 0 spiro atoms. The number of fused-ring (bicyclic) bond motifs is 1. The van der Waals surface area contributed by atoms with Crippen LogP contribution in [0.15, 0.2) is 46.8 Å². The highest BCUT2D eigenvalue weighted by Crippen LogP contribution is 2.14. The van der Waals surface area contributed by atoms with Gasteiger partial charge in [-0.25, -0.2) is 9.97 Å². The van der Waals surface area contributed by atoms with E-state index in [4.69, 9.17) is 0 Å². The van der Waals surface area contributed by atoms with Gasteiger partial charge in [0.15, 0.2) is 5.96 Å². The quantitative estimate of drug-likeness (QED) is 0.317. The number of thiazole rings is 1. The largest absolute Gasteiger partial charge is 0.368 e. The van der Waals surface area contributed by atoms with Crippen LogP contribution in [0.4, 0.5) is 5.82 Å². The summed E-state index contributed by atoms with van der Waals surface area (Å²) in [5, 5.41) is 14.3. The number of nitrogens with zero attached hydrogens (tertiary/aromatic N) is 3. The van der Waals surface area contributed by atoms with Gasteiger partial charge in [-0.05, 0) is 32.0 Å². The summed E-state index contributed by atoms with van der Waals surface area (Å²) in [4.78, 5) is 13.7. The third-order valence-electron chi connectivity index (χ3n) is 3.97. The van der Waals surface area contributed by atoms with E-state index >= 15 is 0 Å². The highest BCUT2D eigenvalue weighted by atomic mass is 32.1. The van der Waals surface area contributed by atoms with Crippen molar-refractivity contribution in [2.24, 2.45) is 4.99 Å². The topological polar surface area (TPSA) is 74.2 Å². The lowest BCUT2D eigenvalue weighted by molar-refractivity contribution is 0.811. The summed E-state index contributed by atoms with van der Waals surface area (Å²) >= 11 is 1.68. The standard InChI is InChI=1S/C20H26N6S/c1-3-21-20(23-11-10-17-14-27-15(2)25-17)24-13-12-22-19-9-8-16-6-4-5-7-18(16)26-19/h4-9,14H,3,10-13H2,1-2H3,(H,22,26)(H2,21,23,24). The van der Waals surface area contributed by atoms with E-state index in [0.717, 1.165) is 66.0 Å². The number of hydrogen-bond donors (Lipinski definition) is 3. The van der Waals surface area contributed by atoms with E-state index in [-0.39, 0.29) is 0 Å². The first-order valence-electron chi connectivity index (χ1n) is 9.27. The maximum Gasteiger partial charge on any atom is 0.191 e. The Morgan fingerprint density at radius 3 is 2.78 bits per heavy atom. The second kappa shape index (κ2) is 9.87. The van der Waals surface area contributed by atoms with Crippen LogP contribution in [0.25, 0.3) is 10.9 Å². The van der Waals surface area contributed by atoms with Crippen LogP contribution in [0.1, 0.15) is 17.6 Å². The fourth-order valence-corrected chi connectivity index (χ4v) is 3.33. The zero-order valence-electron chi connectivity index (χ0n) is 15.8. The summed E-state index contributed by atoms with van der Waals surface area (Å²) in [6.07, 6.45) is 0.861. The lowest BCUT2D eigenvalue weighted by Crippen LogP contribution is -2.39. The Bertz CT molecular complexity index is 889. The van der Waals surface area contributed by atoms with Crippen LogP contribution in [0.3, 0.4) is 0 Å². The average molecular weight is 383 g/mol. The molecule has 0 fully saturated rings. The van der Waals surface area contributed by atoms with Crippen LogP contribution in [-0.4, -0.2) is 42.1 Å². The van der Waals surface area contributed by atoms with E-state index in [1.54, 1.807) is 11.3 Å². The summed E-state index contributed by atoms with van der Waals surface area (Å²) in [6, 6.07) is 12.2. The molecule has 3 aromatic rings. The highest BCUT2D eigenvalue weighted by molar-refractivity contribution is 7.09. The van der Waals surface area contributed by atoms with E-state index in [1.165, 1.54) is 0 Å². The third kappa shape index (κ3) is 5.92. The van der Waals surface area contributed by atoms with Crippen LogP contribution in [-0.2, 0) is 6.42 Å². The Hall–Kier alpha value is -2.67. The first kappa shape index (κ1) is 19.1. The molecule has 7 heteroatoms. The molecule has 0 aliphatic rings. The molecule has 2 heterocycles. The highest BCUT2D eigenvalue weighted by Gasteiger charge is 2.01. The summed E-state index contributed by atoms with van der Waals surface area (Å²) in [6.45, 7) is 7.18. The van der Waals surface area contributed by atoms with E-state index in [9.17, 15) is 0 Å². The van der Waals surface area contributed by atoms with Crippen molar-refractivity contribution in [3.8, 4) is 0 Å². The summed E-state index contributed by atoms with van der Waals surface area (Å²) in [5.74, 6) is 1.72. The number of guanidine groups is 1. The fourth-order valence-electron chi connectivity index (χ4n) is 2.68. The van der Waals surface area contributed by atoms with E-state index in [2.05, 4.69) is 55.3 Å². The molecule has 6 nitrogen and oxygen atoms in total. The van der Waals surface area contributed by atoms with Gasteiger partial charge in [0, 0.05) is 43.4 Å². The van der Waals surface area contributed by atoms with Crippen molar-refractivity contribution >= 4 is 34.0 Å². The third-order valence-corrected chi connectivity index (χ3v) is 4.79. The molecule has 0 aliphatic carbocycles. The fraction of sp³-hybridized carbons (Fsp3) is 0.350. The number of nitrogens with one attached hydrogen (secondary N) is 3. The monoisotopic (exact) mass is 382 g/mol. The van der Waals surface area contributed by atoms with Gasteiger partial charge in [0.2, 0.25) is 0 Å². The number of hydrogen-bond acceptors (Lipinski definition) is 5. The minimum atomic E-state index is 0.720. The molecule has 0 unspecified atom stereocenters. The minimum Gasteiger partial charge on any atom is -0.368 e. The van der Waals surface area contributed by atoms with Crippen LogP contribution >= 0.6 is 11.3 Å². The molecule has 27 heavy (non-hydrogen) atoms. The van der Waals surface area contributed by atoms with Gasteiger partial charge in [0.05, 0.1) is 16.2 Å². The second-order valence-corrected chi connectivity index (χ2v) is 7.17. The number of rotatable bonds is 8. The predicted molar refractivity (Wildman–Crippen MR) is 115 cm³/mol. The average Bonchev–Trinajstić information content (AvgIpc) is 3.10. The summed E-state index contributed by atoms with van der Waals surface area (Å²) in [7, 11) is 0. The Labute approximate surface area is 164 Å². The molecule has 142 valence electrons. The van der Waals surface area contributed by atoms with E-state index < -0.39 is 0 Å². The first-order valence-corrected chi connectivity index (χ1v) is 10.2. The number of aliphatic imine (C=N–C) groups is 1. The van der Waals surface area contributed by atoms with Gasteiger partial charge in [-0.1, -0.05) is 18.2 Å². The minimum absolute atomic E-state index is 0.720. The maximum atomic E-state index is 4.62. The number of anilines is 1. The normalized spacial score (nSPS) is 11.6. The molecule has 0 bridgehead atoms. The van der Waals surface area contributed by atoms with Gasteiger partial charge in [-0.15, -0.1) is 11.3 Å². The van der Waals surface area contributed by atoms with Crippen LogP contribution in [0.5, 0.6) is 0 Å². The number of pyridine rings is 1. The second-order valence-electron chi connectivity index (χ2n) is 6.11. The van der Waals surface area contributed by atoms with Gasteiger partial charge in [-0.2, -0.15) is 0 Å². The molecular formula is C20H26N6S. The van der Waals surface area contributed by atoms with Crippen LogP contribution in [0.2, 0.25) is 0 Å². The Morgan fingerprint density at radius 1 is 1.07 bits per heavy atom. The summed E-state index contributed by atoms with van der Waals surface area (Å²) in [5.41, 5.74) is 2.11. The number of aromatic nitrogens is 2. The van der Waals surface area contributed by atoms with Crippen LogP contribution in [0, 0.1) is 6.92 Å². The van der Waals surface area contributed by atoms with Gasteiger partial charge >= 0.3 is 0 Å². The lowest BCUT2D eigenvalue weighted by atomic mass is 10.2. The molecule has 0 atom stereocenters. The maximum absolute atomic E-state index is 4.62. The van der Waals surface area contributed by atoms with Gasteiger partial charge in [0.25, 0.3) is 0 Å². The molecule has 0 aliphatic heterocycles. The van der Waals surface area contributed by atoms with Crippen molar-refractivity contribution < 1.29 is 0 Å². The molecule has 0 amide bonds. The van der Waals surface area contributed by atoms with Gasteiger partial charge in [0.1, 0.15) is 5.82 Å². The van der Waals surface area contributed by atoms with Gasteiger partial charge < -0.3 is 16.0 Å². The summed E-state index contributed by atoms with van der Waals surface area (Å²) < 4.78 is 0. The van der Waals surface area contributed by atoms with Gasteiger partial charge in [-0.3, -0.25) is 4.99 Å². The molecule has 0 saturated heterocycles. The van der Waals surface area contributed by atoms with Crippen molar-refractivity contribution in [1.82, 2.24) is 20.6 Å². The molecule has 1 aromatic carbocycles. The van der Waals surface area contributed by atoms with E-state index in [1.807, 2.05) is 31.2 Å². The zero-order valence-corrected chi connectivity index (χ0v) is 16.6. The molecule has 0 saturated carbocycles. The number of para-hydroxylation sites is 1. The van der Waals surface area contributed by atoms with Crippen molar-refractivity contribution in [3.63, 3.8) is 0 Å². The molecule has 3 N–H and O–H groups in total. The molecule has 0 radical (unpaired) electrons. The van der Waals surface area contributed by atoms with Crippen molar-refractivity contribution in [2.45, 2.75) is 20.3 Å². The Kier molecular flexibility index (Phi) is 6.98. The number of benzene rings is 1. The van der Waals surface area contributed by atoms with E-state index in [0.29, 0.717) is 0 Å². The predicted octanol–water partition coefficient (Wildman–Crippen LogP) is 3.21. The smallest absolute Gasteiger partial charge is 0.191 e. The van der Waals surface area contributed by atoms with Crippen molar-refractivity contribution in [2.75, 3.05) is 31.5 Å². The molecule has 2 aromatic heterocycles. The van der Waals surface area contributed by atoms with Crippen molar-refractivity contribution in [1.29, 1.82) is 0 Å². The van der Waals surface area contributed by atoms with Crippen molar-refractivity contribution in [3.05, 3.63) is 52.5 Å². The lowest BCUT2D eigenvalue weighted by Gasteiger charge is -2.12. The number of aryl methyl sites for hydroxylation is 1. The SMILES string of the molecule is CCNC(=NCCc1csc(C)n1)NCCNc1ccc2ccccc2n1. The zero-order chi connectivity index (χ0) is 18.9. The Balaban J connectivity index is 1.44. The Morgan fingerprint density at radius 2 is 1.96 bits per heavy atom.